The Kier molecular flexibility index (Phi) is 5.35. The van der Waals surface area contributed by atoms with Gasteiger partial charge in [-0.2, -0.15) is 0 Å². The van der Waals surface area contributed by atoms with Crippen LogP contribution in [0, 0.1) is 0 Å². The summed E-state index contributed by atoms with van der Waals surface area (Å²) < 4.78 is 5.71. The van der Waals surface area contributed by atoms with Gasteiger partial charge in [0, 0.05) is 17.3 Å². The Bertz CT molecular complexity index is 718. The molecule has 0 unspecified atom stereocenters. The number of hydrogen-bond acceptors (Lipinski definition) is 3. The van der Waals surface area contributed by atoms with Crippen LogP contribution in [0.25, 0.3) is 0 Å². The second-order valence-corrected chi connectivity index (χ2v) is 6.73. The minimum absolute atomic E-state index is 0.0604. The molecule has 1 aliphatic rings. The summed E-state index contributed by atoms with van der Waals surface area (Å²) in [7, 11) is 0. The summed E-state index contributed by atoms with van der Waals surface area (Å²) in [6.45, 7) is 0. The van der Waals surface area contributed by atoms with E-state index in [-0.39, 0.29) is 23.6 Å². The molecule has 3 rings (SSSR count). The average molecular weight is 391 g/mol. The van der Waals surface area contributed by atoms with Gasteiger partial charge in [0.2, 0.25) is 0 Å². The Hall–Kier alpha value is -2.08. The highest BCUT2D eigenvalue weighted by Crippen LogP contribution is 2.19. The van der Waals surface area contributed by atoms with Crippen molar-refractivity contribution >= 4 is 33.4 Å². The lowest BCUT2D eigenvalue weighted by atomic mass is 9.95. The van der Waals surface area contributed by atoms with Crippen LogP contribution in [0.3, 0.4) is 0 Å². The third-order valence-corrected chi connectivity index (χ3v) is 4.57. The first-order chi connectivity index (χ1) is 11.6. The predicted octanol–water partition coefficient (Wildman–Crippen LogP) is 4.36. The molecule has 2 aromatic rings. The number of benzene rings is 1. The number of amides is 2. The molecule has 1 aromatic carbocycles. The van der Waals surface area contributed by atoms with Crippen LogP contribution in [0.4, 0.5) is 5.69 Å². The highest BCUT2D eigenvalue weighted by Gasteiger charge is 2.17. The second kappa shape index (κ2) is 7.66. The van der Waals surface area contributed by atoms with E-state index < -0.39 is 0 Å². The molecule has 0 atom stereocenters. The summed E-state index contributed by atoms with van der Waals surface area (Å²) in [5.41, 5.74) is 1.21. The van der Waals surface area contributed by atoms with Crippen LogP contribution in [-0.2, 0) is 0 Å². The van der Waals surface area contributed by atoms with Gasteiger partial charge >= 0.3 is 0 Å². The molecule has 1 aromatic heterocycles. The van der Waals surface area contributed by atoms with Crippen LogP contribution in [0.2, 0.25) is 0 Å². The van der Waals surface area contributed by atoms with E-state index in [1.807, 2.05) is 0 Å². The molecule has 126 valence electrons. The molecule has 0 spiro atoms. The maximum Gasteiger partial charge on any atom is 0.291 e. The molecule has 1 fully saturated rings. The lowest BCUT2D eigenvalue weighted by molar-refractivity contribution is 0.0927. The first-order valence-electron chi connectivity index (χ1n) is 8.09. The van der Waals surface area contributed by atoms with Crippen molar-refractivity contribution in [2.45, 2.75) is 38.1 Å². The molecule has 0 bridgehead atoms. The smallest absolute Gasteiger partial charge is 0.291 e. The van der Waals surface area contributed by atoms with Gasteiger partial charge in [-0.1, -0.05) is 19.3 Å². The number of carbonyl (C=O) groups is 2. The van der Waals surface area contributed by atoms with Gasteiger partial charge in [0.05, 0.1) is 0 Å². The zero-order valence-electron chi connectivity index (χ0n) is 13.2. The van der Waals surface area contributed by atoms with Gasteiger partial charge in [0.1, 0.15) is 0 Å². The van der Waals surface area contributed by atoms with Crippen LogP contribution in [-0.4, -0.2) is 17.9 Å². The number of halogens is 1. The molecule has 5 nitrogen and oxygen atoms in total. The quantitative estimate of drug-likeness (QED) is 0.814. The van der Waals surface area contributed by atoms with Gasteiger partial charge in [-0.25, -0.2) is 0 Å². The zero-order chi connectivity index (χ0) is 16.9. The minimum atomic E-state index is -0.333. The number of anilines is 1. The number of rotatable bonds is 4. The molecule has 1 saturated carbocycles. The number of hydrogen-bond donors (Lipinski definition) is 2. The molecular weight excluding hydrogens is 372 g/mol. The van der Waals surface area contributed by atoms with Gasteiger partial charge in [0.25, 0.3) is 11.8 Å². The number of furan rings is 1. The van der Waals surface area contributed by atoms with Crippen LogP contribution in [0.5, 0.6) is 0 Å². The SMILES string of the molecule is O=C(NC1CCCCC1)c1ccc(NC(=O)c2ccc(Br)o2)cc1. The zero-order valence-corrected chi connectivity index (χ0v) is 14.8. The molecule has 0 aliphatic heterocycles. The Morgan fingerprint density at radius 2 is 1.67 bits per heavy atom. The third-order valence-electron chi connectivity index (χ3n) is 4.14. The Balaban J connectivity index is 1.58. The molecule has 6 heteroatoms. The topological polar surface area (TPSA) is 71.3 Å². The fourth-order valence-electron chi connectivity index (χ4n) is 2.85. The molecule has 1 aliphatic carbocycles. The average Bonchev–Trinajstić information content (AvgIpc) is 3.03. The Morgan fingerprint density at radius 1 is 0.958 bits per heavy atom. The van der Waals surface area contributed by atoms with Gasteiger partial charge in [-0.3, -0.25) is 9.59 Å². The highest BCUT2D eigenvalue weighted by atomic mass is 79.9. The standard InChI is InChI=1S/C18H19BrN2O3/c19-16-11-10-15(24-16)18(23)21-14-8-6-12(7-9-14)17(22)20-13-4-2-1-3-5-13/h6-11,13H,1-5H2,(H,20,22)(H,21,23). The molecule has 24 heavy (non-hydrogen) atoms. The van der Waals surface area contributed by atoms with E-state index in [2.05, 4.69) is 26.6 Å². The fourth-order valence-corrected chi connectivity index (χ4v) is 3.16. The van der Waals surface area contributed by atoms with E-state index in [1.165, 1.54) is 19.3 Å². The van der Waals surface area contributed by atoms with Gasteiger partial charge in [-0.05, 0) is 65.2 Å². The summed E-state index contributed by atoms with van der Waals surface area (Å²) >= 11 is 3.16. The Morgan fingerprint density at radius 3 is 2.29 bits per heavy atom. The van der Waals surface area contributed by atoms with Gasteiger partial charge < -0.3 is 15.1 Å². The molecule has 0 radical (unpaired) electrons. The van der Waals surface area contributed by atoms with Crippen molar-refractivity contribution in [3.8, 4) is 0 Å². The number of carbonyl (C=O) groups excluding carboxylic acids is 2. The summed E-state index contributed by atoms with van der Waals surface area (Å²) in [5, 5.41) is 5.81. The minimum Gasteiger partial charge on any atom is -0.444 e. The molecule has 1 heterocycles. The maximum atomic E-state index is 12.3. The second-order valence-electron chi connectivity index (χ2n) is 5.94. The maximum absolute atomic E-state index is 12.3. The normalized spacial score (nSPS) is 15.0. The fraction of sp³-hybridized carbons (Fsp3) is 0.333. The largest absolute Gasteiger partial charge is 0.444 e. The first-order valence-corrected chi connectivity index (χ1v) is 8.89. The van der Waals surface area contributed by atoms with Crippen molar-refractivity contribution in [2.24, 2.45) is 0 Å². The van der Waals surface area contributed by atoms with Crippen molar-refractivity contribution in [2.75, 3.05) is 5.32 Å². The summed E-state index contributed by atoms with van der Waals surface area (Å²) in [6, 6.07) is 10.4. The summed E-state index contributed by atoms with van der Waals surface area (Å²) in [4.78, 5) is 24.3. The van der Waals surface area contributed by atoms with E-state index in [0.29, 0.717) is 15.9 Å². The third kappa shape index (κ3) is 4.26. The highest BCUT2D eigenvalue weighted by molar-refractivity contribution is 9.10. The molecular formula is C18H19BrN2O3. The monoisotopic (exact) mass is 390 g/mol. The summed E-state index contributed by atoms with van der Waals surface area (Å²) in [6.07, 6.45) is 5.72. The molecule has 2 N–H and O–H groups in total. The van der Waals surface area contributed by atoms with E-state index in [1.54, 1.807) is 36.4 Å². The van der Waals surface area contributed by atoms with Gasteiger partial charge in [0.15, 0.2) is 10.4 Å². The predicted molar refractivity (Wildman–Crippen MR) is 95.1 cm³/mol. The van der Waals surface area contributed by atoms with E-state index in [9.17, 15) is 9.59 Å². The lowest BCUT2D eigenvalue weighted by Gasteiger charge is -2.22. The van der Waals surface area contributed by atoms with Crippen molar-refractivity contribution in [1.29, 1.82) is 0 Å². The summed E-state index contributed by atoms with van der Waals surface area (Å²) in [5.74, 6) is -0.171. The molecule has 2 amide bonds. The molecule has 0 saturated heterocycles. The van der Waals surface area contributed by atoms with Crippen LogP contribution in [0.1, 0.15) is 53.0 Å². The number of nitrogens with one attached hydrogen (secondary N) is 2. The van der Waals surface area contributed by atoms with Crippen LogP contribution < -0.4 is 10.6 Å². The van der Waals surface area contributed by atoms with Crippen molar-refractivity contribution < 1.29 is 14.0 Å². The van der Waals surface area contributed by atoms with Crippen molar-refractivity contribution in [3.05, 3.63) is 52.4 Å². The van der Waals surface area contributed by atoms with Crippen molar-refractivity contribution in [3.63, 3.8) is 0 Å². The van der Waals surface area contributed by atoms with Crippen LogP contribution >= 0.6 is 15.9 Å². The van der Waals surface area contributed by atoms with Gasteiger partial charge in [-0.15, -0.1) is 0 Å². The van der Waals surface area contributed by atoms with Crippen LogP contribution in [0.15, 0.2) is 45.5 Å². The van der Waals surface area contributed by atoms with E-state index in [0.717, 1.165) is 12.8 Å². The van der Waals surface area contributed by atoms with E-state index >= 15 is 0 Å². The Labute approximate surface area is 148 Å². The van der Waals surface area contributed by atoms with E-state index in [4.69, 9.17) is 4.42 Å². The van der Waals surface area contributed by atoms with Crippen molar-refractivity contribution in [1.82, 2.24) is 5.32 Å². The first kappa shape index (κ1) is 16.8. The lowest BCUT2D eigenvalue weighted by Crippen LogP contribution is -2.36.